The second kappa shape index (κ2) is 26.4. The zero-order chi connectivity index (χ0) is 62.0. The molecule has 0 aliphatic rings. The van der Waals surface area contributed by atoms with Gasteiger partial charge in [0, 0.05) is 69.7 Å². The molecule has 0 spiro atoms. The fraction of sp³-hybridized carbons (Fsp3) is 0.261. The highest BCUT2D eigenvalue weighted by Crippen LogP contribution is 2.35. The van der Waals surface area contributed by atoms with Crippen LogP contribution in [0.25, 0.3) is 32.9 Å². The molecule has 7 N–H and O–H groups in total. The molecule has 18 nitrogen and oxygen atoms in total. The number of carbonyl (C=O) groups excluding carboxylic acids is 3. The highest BCUT2D eigenvalue weighted by molar-refractivity contribution is 6.08. The van der Waals surface area contributed by atoms with Gasteiger partial charge >= 0.3 is 18.2 Å². The second-order valence-corrected chi connectivity index (χ2v) is 24.3. The maximum absolute atomic E-state index is 13.4. The lowest BCUT2D eigenvalue weighted by molar-refractivity contribution is 0.0635. The smallest absolute Gasteiger partial charge is 0.413 e. The summed E-state index contributed by atoms with van der Waals surface area (Å²) in [5.74, 6) is 3.50. The molecule has 0 saturated carbocycles. The highest BCUT2D eigenvalue weighted by atomic mass is 16.6. The van der Waals surface area contributed by atoms with Gasteiger partial charge < -0.3 is 30.6 Å². The van der Waals surface area contributed by atoms with E-state index in [9.17, 15) is 14.4 Å². The maximum Gasteiger partial charge on any atom is 0.413 e. The quantitative estimate of drug-likeness (QED) is 0.0566. The Morgan fingerprint density at radius 3 is 1.33 bits per heavy atom. The van der Waals surface area contributed by atoms with Gasteiger partial charge in [-0.05, 0) is 119 Å². The molecule has 448 valence electrons. The lowest BCUT2D eigenvalue weighted by Gasteiger charge is -2.19. The highest BCUT2D eigenvalue weighted by Gasteiger charge is 2.24. The molecule has 0 aliphatic carbocycles. The van der Waals surface area contributed by atoms with Gasteiger partial charge in [0.1, 0.15) is 40.4 Å². The van der Waals surface area contributed by atoms with E-state index in [1.165, 1.54) is 0 Å². The zero-order valence-electron chi connectivity index (χ0n) is 51.2. The minimum atomic E-state index is -0.602. The first-order chi connectivity index (χ1) is 41.4. The van der Waals surface area contributed by atoms with E-state index >= 15 is 0 Å². The Bertz CT molecular complexity index is 4060. The van der Waals surface area contributed by atoms with Crippen LogP contribution in [0, 0.1) is 13.8 Å². The SMILES string of the molecule is Cc1ccc(-n2nc(C(C)(C)C)cc2NC(=O)Nc2ccc(OCCc3ccnc(N)c3)c3ccccc23)cc1.Cc1ccc(-n2nc(C(C)(C)C)cc2NC(=O)Nc2ccc(OCCc3ccnc(NC(=O)OC(C)(C)C)c3)c3ccccc23)cc1. The monoisotopic (exact) mass is 1170 g/mol. The molecular weight excluding hydrogens is 1090 g/mol. The molecule has 10 rings (SSSR count). The molecule has 0 radical (unpaired) electrons. The summed E-state index contributed by atoms with van der Waals surface area (Å²) in [6, 6.07) is 49.7. The number of pyridine rings is 2. The first-order valence-electron chi connectivity index (χ1n) is 28.9. The molecular formula is C69H76N12O6. The van der Waals surface area contributed by atoms with Crippen molar-refractivity contribution in [2.75, 3.05) is 45.5 Å². The van der Waals surface area contributed by atoms with Crippen molar-refractivity contribution < 1.29 is 28.6 Å². The Kier molecular flexibility index (Phi) is 18.6. The number of nitrogens with one attached hydrogen (secondary N) is 5. The minimum absolute atomic E-state index is 0.182. The van der Waals surface area contributed by atoms with E-state index in [1.54, 1.807) is 48.6 Å². The average Bonchev–Trinajstić information content (AvgIpc) is 2.16. The third kappa shape index (κ3) is 16.4. The standard InChI is InChI=1S/C37H42N6O4.C32H34N6O2/c1-24-12-14-26(15-13-24)43-33(23-31(42-43)36(2,3)4)41-34(44)39-29-16-17-30(28-11-9-8-10-27(28)29)46-21-19-25-18-20-38-32(22-25)40-35(45)47-37(5,6)7;1-21-9-11-23(12-10-21)38-30(20-28(37-38)32(2,3)4)36-31(39)35-26-13-14-27(25-8-6-5-7-24(25)26)40-18-16-22-15-17-34-29(33)19-22/h8-18,20,22-23H,19,21H2,1-7H3,(H,38,40,45)(H2,39,41,44);5-15,17,19-20H,16,18H2,1-4H3,(H2,33,34)(H2,35,36,39). The molecule has 4 heterocycles. The molecule has 18 heteroatoms. The van der Waals surface area contributed by atoms with Crippen molar-refractivity contribution in [1.82, 2.24) is 29.5 Å². The van der Waals surface area contributed by atoms with E-state index in [4.69, 9.17) is 30.1 Å². The van der Waals surface area contributed by atoms with Crippen molar-refractivity contribution in [3.05, 3.63) is 204 Å². The number of amides is 5. The van der Waals surface area contributed by atoms with E-state index in [-0.39, 0.29) is 22.9 Å². The number of carbonyl (C=O) groups is 3. The number of rotatable bonds is 15. The Labute approximate surface area is 507 Å². The fourth-order valence-electron chi connectivity index (χ4n) is 9.31. The van der Waals surface area contributed by atoms with Gasteiger partial charge in [0.15, 0.2) is 0 Å². The summed E-state index contributed by atoms with van der Waals surface area (Å²) in [5.41, 5.74) is 13.9. The third-order valence-corrected chi connectivity index (χ3v) is 13.9. The van der Waals surface area contributed by atoms with E-state index < -0.39 is 11.7 Å². The number of urea groups is 2. The van der Waals surface area contributed by atoms with Crippen molar-refractivity contribution in [2.45, 2.75) is 105 Å². The molecule has 0 unspecified atom stereocenters. The number of ether oxygens (including phenoxy) is 3. The van der Waals surface area contributed by atoms with Gasteiger partial charge in [-0.15, -0.1) is 0 Å². The molecule has 4 aromatic heterocycles. The molecule has 5 amide bonds. The summed E-state index contributed by atoms with van der Waals surface area (Å²) in [5, 5.41) is 27.8. The lowest BCUT2D eigenvalue weighted by Crippen LogP contribution is -2.27. The van der Waals surface area contributed by atoms with Crippen LogP contribution in [0.5, 0.6) is 11.5 Å². The summed E-state index contributed by atoms with van der Waals surface area (Å²) in [7, 11) is 0. The van der Waals surface area contributed by atoms with Crippen LogP contribution in [-0.4, -0.2) is 66.5 Å². The number of benzene rings is 6. The number of nitrogens with two attached hydrogens (primary N) is 1. The van der Waals surface area contributed by atoms with Crippen molar-refractivity contribution in [1.29, 1.82) is 0 Å². The number of nitrogen functional groups attached to an aromatic ring is 1. The Hall–Kier alpha value is -10.2. The van der Waals surface area contributed by atoms with E-state index in [1.807, 2.05) is 166 Å². The predicted octanol–water partition coefficient (Wildman–Crippen LogP) is 15.5. The van der Waals surface area contributed by atoms with Crippen LogP contribution in [-0.2, 0) is 28.4 Å². The summed E-state index contributed by atoms with van der Waals surface area (Å²) in [4.78, 5) is 47.0. The molecule has 10 aromatic rings. The molecule has 6 aromatic carbocycles. The number of fused-ring (bicyclic) bond motifs is 2. The fourth-order valence-corrected chi connectivity index (χ4v) is 9.31. The molecule has 0 atom stereocenters. The zero-order valence-corrected chi connectivity index (χ0v) is 51.2. The van der Waals surface area contributed by atoms with E-state index in [2.05, 4.69) is 78.1 Å². The third-order valence-electron chi connectivity index (χ3n) is 13.9. The number of anilines is 6. The number of hydrogen-bond donors (Lipinski definition) is 6. The molecule has 0 aliphatic heterocycles. The first kappa shape index (κ1) is 61.3. The Morgan fingerprint density at radius 2 is 0.908 bits per heavy atom. The van der Waals surface area contributed by atoms with Gasteiger partial charge in [-0.1, -0.05) is 125 Å². The van der Waals surface area contributed by atoms with Crippen LogP contribution < -0.4 is 41.8 Å². The summed E-state index contributed by atoms with van der Waals surface area (Å²) < 4.78 is 21.2. The summed E-state index contributed by atoms with van der Waals surface area (Å²) in [6.07, 6.45) is 4.07. The van der Waals surface area contributed by atoms with Gasteiger partial charge in [-0.25, -0.2) is 33.7 Å². The van der Waals surface area contributed by atoms with Crippen molar-refractivity contribution in [3.8, 4) is 22.9 Å². The summed E-state index contributed by atoms with van der Waals surface area (Å²) in [6.45, 7) is 22.9. The van der Waals surface area contributed by atoms with Crippen LogP contribution in [0.4, 0.5) is 49.0 Å². The van der Waals surface area contributed by atoms with Gasteiger partial charge in [0.05, 0.1) is 47.4 Å². The van der Waals surface area contributed by atoms with Crippen LogP contribution in [0.2, 0.25) is 0 Å². The molecule has 0 bridgehead atoms. The number of aryl methyl sites for hydroxylation is 2. The van der Waals surface area contributed by atoms with E-state index in [0.29, 0.717) is 66.5 Å². The number of hydrogen-bond acceptors (Lipinski definition) is 11. The normalized spacial score (nSPS) is 11.5. The average molecular weight is 1170 g/mol. The second-order valence-electron chi connectivity index (χ2n) is 24.3. The molecule has 87 heavy (non-hydrogen) atoms. The first-order valence-corrected chi connectivity index (χ1v) is 28.9. The Balaban J connectivity index is 0.000000210. The largest absolute Gasteiger partial charge is 0.493 e. The molecule has 0 saturated heterocycles. The van der Waals surface area contributed by atoms with Crippen LogP contribution in [0.15, 0.2) is 170 Å². The molecule has 0 fully saturated rings. The Morgan fingerprint density at radius 1 is 0.483 bits per heavy atom. The topological polar surface area (TPSA) is 226 Å². The van der Waals surface area contributed by atoms with Crippen LogP contribution in [0.1, 0.15) is 96.0 Å². The van der Waals surface area contributed by atoms with Gasteiger partial charge in [-0.2, -0.15) is 10.2 Å². The minimum Gasteiger partial charge on any atom is -0.493 e. The van der Waals surface area contributed by atoms with Crippen molar-refractivity contribution in [3.63, 3.8) is 0 Å². The summed E-state index contributed by atoms with van der Waals surface area (Å²) >= 11 is 0. The lowest BCUT2D eigenvalue weighted by atomic mass is 9.92. The maximum atomic E-state index is 13.4. The van der Waals surface area contributed by atoms with Gasteiger partial charge in [0.2, 0.25) is 0 Å². The van der Waals surface area contributed by atoms with Crippen molar-refractivity contribution >= 4 is 74.3 Å². The van der Waals surface area contributed by atoms with E-state index in [0.717, 1.165) is 72.3 Å². The van der Waals surface area contributed by atoms with Gasteiger partial charge in [0.25, 0.3) is 0 Å². The number of aromatic nitrogens is 6. The van der Waals surface area contributed by atoms with Gasteiger partial charge in [-0.3, -0.25) is 16.0 Å². The van der Waals surface area contributed by atoms with Crippen LogP contribution >= 0.6 is 0 Å². The number of nitrogens with zero attached hydrogens (tertiary/aromatic N) is 6. The van der Waals surface area contributed by atoms with Crippen LogP contribution in [0.3, 0.4) is 0 Å². The predicted molar refractivity (Wildman–Crippen MR) is 348 cm³/mol. The van der Waals surface area contributed by atoms with Crippen molar-refractivity contribution in [2.24, 2.45) is 0 Å².